The fraction of sp³-hybridized carbons (Fsp3) is 0.556. The third kappa shape index (κ3) is 2.82. The van der Waals surface area contributed by atoms with Crippen molar-refractivity contribution in [3.63, 3.8) is 0 Å². The molecule has 0 radical (unpaired) electrons. The van der Waals surface area contributed by atoms with Crippen LogP contribution in [0.1, 0.15) is 19.4 Å². The van der Waals surface area contributed by atoms with E-state index in [1.54, 1.807) is 6.92 Å². The summed E-state index contributed by atoms with van der Waals surface area (Å²) in [5.41, 5.74) is 0.884. The molecule has 0 aliphatic carbocycles. The summed E-state index contributed by atoms with van der Waals surface area (Å²) in [6, 6.07) is 0. The molecule has 78 valence electrons. The number of aromatic nitrogens is 2. The van der Waals surface area contributed by atoms with Gasteiger partial charge in [0.2, 0.25) is 0 Å². The standard InChI is InChI=1S/C9H14ClN3O/c1-3-7-8(10)12-5-13-9(7)11-4-6(2)14/h5-6,14H,3-4H2,1-2H3,(H,11,12,13). The zero-order chi connectivity index (χ0) is 10.6. The third-order valence-electron chi connectivity index (χ3n) is 1.81. The second-order valence-corrected chi connectivity index (χ2v) is 3.43. The van der Waals surface area contributed by atoms with E-state index in [0.29, 0.717) is 17.5 Å². The Labute approximate surface area is 88.3 Å². The summed E-state index contributed by atoms with van der Waals surface area (Å²) in [7, 11) is 0. The lowest BCUT2D eigenvalue weighted by Crippen LogP contribution is -2.17. The Hall–Kier alpha value is -0.870. The van der Waals surface area contributed by atoms with Crippen LogP contribution in [0.5, 0.6) is 0 Å². The Morgan fingerprint density at radius 1 is 1.57 bits per heavy atom. The molecule has 1 atom stereocenters. The van der Waals surface area contributed by atoms with Crippen LogP contribution in [0.25, 0.3) is 0 Å². The van der Waals surface area contributed by atoms with Gasteiger partial charge in [-0.3, -0.25) is 0 Å². The molecule has 0 aliphatic rings. The Balaban J connectivity index is 2.80. The first-order valence-corrected chi connectivity index (χ1v) is 4.94. The van der Waals surface area contributed by atoms with Crippen LogP contribution in [0, 0.1) is 0 Å². The number of nitrogens with one attached hydrogen (secondary N) is 1. The van der Waals surface area contributed by atoms with E-state index in [9.17, 15) is 0 Å². The van der Waals surface area contributed by atoms with Gasteiger partial charge in [0.15, 0.2) is 0 Å². The number of aliphatic hydroxyl groups is 1. The number of anilines is 1. The van der Waals surface area contributed by atoms with E-state index in [0.717, 1.165) is 12.0 Å². The highest BCUT2D eigenvalue weighted by atomic mass is 35.5. The summed E-state index contributed by atoms with van der Waals surface area (Å²) in [6.07, 6.45) is 1.77. The monoisotopic (exact) mass is 215 g/mol. The minimum Gasteiger partial charge on any atom is -0.392 e. The molecule has 0 aromatic carbocycles. The summed E-state index contributed by atoms with van der Waals surface area (Å²) in [5.74, 6) is 0.702. The lowest BCUT2D eigenvalue weighted by Gasteiger charge is -2.11. The number of nitrogens with zero attached hydrogens (tertiary/aromatic N) is 2. The highest BCUT2D eigenvalue weighted by Crippen LogP contribution is 2.19. The van der Waals surface area contributed by atoms with E-state index in [2.05, 4.69) is 15.3 Å². The van der Waals surface area contributed by atoms with Gasteiger partial charge in [-0.1, -0.05) is 18.5 Å². The van der Waals surface area contributed by atoms with Crippen LogP contribution >= 0.6 is 11.6 Å². The van der Waals surface area contributed by atoms with Crippen molar-refractivity contribution in [1.29, 1.82) is 0 Å². The van der Waals surface area contributed by atoms with Gasteiger partial charge >= 0.3 is 0 Å². The van der Waals surface area contributed by atoms with Gasteiger partial charge in [0.1, 0.15) is 17.3 Å². The van der Waals surface area contributed by atoms with Crippen LogP contribution in [0.4, 0.5) is 5.82 Å². The van der Waals surface area contributed by atoms with Crippen molar-refractivity contribution in [2.45, 2.75) is 26.4 Å². The Kier molecular flexibility index (Phi) is 4.10. The smallest absolute Gasteiger partial charge is 0.137 e. The molecule has 2 N–H and O–H groups in total. The Morgan fingerprint density at radius 2 is 2.29 bits per heavy atom. The summed E-state index contributed by atoms with van der Waals surface area (Å²) in [6.45, 7) is 4.15. The molecule has 1 aromatic heterocycles. The fourth-order valence-corrected chi connectivity index (χ4v) is 1.37. The number of hydrogen-bond donors (Lipinski definition) is 2. The molecule has 0 saturated carbocycles. The van der Waals surface area contributed by atoms with Gasteiger partial charge in [0.05, 0.1) is 6.10 Å². The molecule has 0 aliphatic heterocycles. The van der Waals surface area contributed by atoms with Gasteiger partial charge in [0, 0.05) is 12.1 Å². The van der Waals surface area contributed by atoms with Gasteiger partial charge in [-0.2, -0.15) is 0 Å². The van der Waals surface area contributed by atoms with Gasteiger partial charge < -0.3 is 10.4 Å². The maximum Gasteiger partial charge on any atom is 0.137 e. The normalized spacial score (nSPS) is 12.6. The molecule has 4 nitrogen and oxygen atoms in total. The van der Waals surface area contributed by atoms with Gasteiger partial charge in [0.25, 0.3) is 0 Å². The van der Waals surface area contributed by atoms with E-state index in [-0.39, 0.29) is 0 Å². The van der Waals surface area contributed by atoms with Gasteiger partial charge in [-0.15, -0.1) is 0 Å². The van der Waals surface area contributed by atoms with Crippen LogP contribution in [0.2, 0.25) is 5.15 Å². The number of aliphatic hydroxyl groups excluding tert-OH is 1. The minimum absolute atomic E-state index is 0.409. The molecular formula is C9H14ClN3O. The zero-order valence-electron chi connectivity index (χ0n) is 8.29. The first kappa shape index (κ1) is 11.2. The second-order valence-electron chi connectivity index (χ2n) is 3.08. The van der Waals surface area contributed by atoms with Crippen molar-refractivity contribution in [2.75, 3.05) is 11.9 Å². The Bertz CT molecular complexity index is 304. The number of rotatable bonds is 4. The van der Waals surface area contributed by atoms with Crippen LogP contribution in [-0.2, 0) is 6.42 Å². The predicted octanol–water partition coefficient (Wildman–Crippen LogP) is 1.49. The molecule has 1 heterocycles. The molecule has 0 fully saturated rings. The molecule has 1 unspecified atom stereocenters. The predicted molar refractivity (Wildman–Crippen MR) is 56.6 cm³/mol. The van der Waals surface area contributed by atoms with Crippen LogP contribution < -0.4 is 5.32 Å². The molecule has 5 heteroatoms. The van der Waals surface area contributed by atoms with E-state index in [1.807, 2.05) is 6.92 Å². The summed E-state index contributed by atoms with van der Waals surface area (Å²) in [4.78, 5) is 7.95. The fourth-order valence-electron chi connectivity index (χ4n) is 1.10. The lowest BCUT2D eigenvalue weighted by molar-refractivity contribution is 0.208. The van der Waals surface area contributed by atoms with Crippen molar-refractivity contribution < 1.29 is 5.11 Å². The van der Waals surface area contributed by atoms with Gasteiger partial charge in [-0.05, 0) is 13.3 Å². The molecule has 14 heavy (non-hydrogen) atoms. The maximum absolute atomic E-state index is 9.11. The van der Waals surface area contributed by atoms with Crippen LogP contribution in [0.15, 0.2) is 6.33 Å². The number of halogens is 1. The molecule has 0 bridgehead atoms. The van der Waals surface area contributed by atoms with E-state index in [4.69, 9.17) is 16.7 Å². The molecule has 1 rings (SSSR count). The quantitative estimate of drug-likeness (QED) is 0.748. The first-order chi connectivity index (χ1) is 6.65. The van der Waals surface area contributed by atoms with E-state index < -0.39 is 6.10 Å². The minimum atomic E-state index is -0.409. The summed E-state index contributed by atoms with van der Waals surface area (Å²) in [5, 5.41) is 12.6. The number of hydrogen-bond acceptors (Lipinski definition) is 4. The first-order valence-electron chi connectivity index (χ1n) is 4.56. The third-order valence-corrected chi connectivity index (χ3v) is 2.14. The van der Waals surface area contributed by atoms with Crippen molar-refractivity contribution in [3.8, 4) is 0 Å². The Morgan fingerprint density at radius 3 is 2.86 bits per heavy atom. The molecule has 1 aromatic rings. The van der Waals surface area contributed by atoms with Crippen molar-refractivity contribution >= 4 is 17.4 Å². The molecular weight excluding hydrogens is 202 g/mol. The molecule has 0 amide bonds. The average Bonchev–Trinajstić information content (AvgIpc) is 2.14. The lowest BCUT2D eigenvalue weighted by atomic mass is 10.2. The van der Waals surface area contributed by atoms with Gasteiger partial charge in [-0.25, -0.2) is 9.97 Å². The van der Waals surface area contributed by atoms with Crippen molar-refractivity contribution in [1.82, 2.24) is 9.97 Å². The van der Waals surface area contributed by atoms with Crippen LogP contribution in [-0.4, -0.2) is 27.7 Å². The molecule has 0 spiro atoms. The SMILES string of the molecule is CCc1c(Cl)ncnc1NCC(C)O. The highest BCUT2D eigenvalue weighted by Gasteiger charge is 2.07. The topological polar surface area (TPSA) is 58.0 Å². The van der Waals surface area contributed by atoms with Crippen molar-refractivity contribution in [3.05, 3.63) is 17.0 Å². The van der Waals surface area contributed by atoms with Crippen molar-refractivity contribution in [2.24, 2.45) is 0 Å². The molecule has 0 saturated heterocycles. The van der Waals surface area contributed by atoms with E-state index in [1.165, 1.54) is 6.33 Å². The highest BCUT2D eigenvalue weighted by molar-refractivity contribution is 6.30. The second kappa shape index (κ2) is 5.12. The zero-order valence-corrected chi connectivity index (χ0v) is 9.04. The average molecular weight is 216 g/mol. The van der Waals surface area contributed by atoms with E-state index >= 15 is 0 Å². The summed E-state index contributed by atoms with van der Waals surface area (Å²) >= 11 is 5.89. The van der Waals surface area contributed by atoms with Crippen LogP contribution in [0.3, 0.4) is 0 Å². The largest absolute Gasteiger partial charge is 0.392 e. The maximum atomic E-state index is 9.11. The summed E-state index contributed by atoms with van der Waals surface area (Å²) < 4.78 is 0.